The monoisotopic (exact) mass is 309 g/mol. The van der Waals surface area contributed by atoms with Gasteiger partial charge in [-0.2, -0.15) is 13.2 Å². The van der Waals surface area contributed by atoms with Crippen LogP contribution in [0.15, 0.2) is 12.1 Å². The maximum atomic E-state index is 12.8. The molecule has 0 radical (unpaired) electrons. The summed E-state index contributed by atoms with van der Waals surface area (Å²) >= 11 is 0. The van der Waals surface area contributed by atoms with E-state index in [4.69, 9.17) is 5.73 Å². The van der Waals surface area contributed by atoms with E-state index in [-0.39, 0.29) is 12.4 Å². The highest BCUT2D eigenvalue weighted by molar-refractivity contribution is 5.85. The second kappa shape index (κ2) is 6.44. The zero-order chi connectivity index (χ0) is 14.1. The molecule has 0 saturated carbocycles. The van der Waals surface area contributed by atoms with Gasteiger partial charge >= 0.3 is 6.18 Å². The Labute approximate surface area is 110 Å². The Morgan fingerprint density at radius 2 is 1.53 bits per heavy atom. The maximum absolute atomic E-state index is 12.8. The average molecular weight is 310 g/mol. The van der Waals surface area contributed by atoms with Gasteiger partial charge in [-0.3, -0.25) is 0 Å². The molecular weight excluding hydrogens is 300 g/mol. The SMILES string of the molecule is Cl.N[C@@H](C[C@H](O)c1cc(F)c(F)c(F)c1)C(F)(F)F. The normalized spacial score (nSPS) is 14.7. The van der Waals surface area contributed by atoms with Crippen LogP contribution in [-0.2, 0) is 0 Å². The van der Waals surface area contributed by atoms with Crippen LogP contribution in [0.25, 0.3) is 0 Å². The highest BCUT2D eigenvalue weighted by Crippen LogP contribution is 2.28. The van der Waals surface area contributed by atoms with Gasteiger partial charge in [0.15, 0.2) is 17.5 Å². The van der Waals surface area contributed by atoms with Crippen LogP contribution in [-0.4, -0.2) is 17.3 Å². The molecule has 1 rings (SSSR count). The summed E-state index contributed by atoms with van der Waals surface area (Å²) in [5, 5.41) is 9.36. The van der Waals surface area contributed by atoms with Gasteiger partial charge in [0, 0.05) is 6.42 Å². The van der Waals surface area contributed by atoms with Gasteiger partial charge in [-0.15, -0.1) is 12.4 Å². The van der Waals surface area contributed by atoms with E-state index in [0.717, 1.165) is 0 Å². The van der Waals surface area contributed by atoms with E-state index < -0.39 is 47.8 Å². The van der Waals surface area contributed by atoms with Crippen LogP contribution in [0.3, 0.4) is 0 Å². The number of benzene rings is 1. The Morgan fingerprint density at radius 1 is 1.11 bits per heavy atom. The fraction of sp³-hybridized carbons (Fsp3) is 0.400. The summed E-state index contributed by atoms with van der Waals surface area (Å²) in [7, 11) is 0. The summed E-state index contributed by atoms with van der Waals surface area (Å²) in [5.74, 6) is -4.94. The van der Waals surface area contributed by atoms with Crippen molar-refractivity contribution in [1.82, 2.24) is 0 Å². The molecule has 0 aliphatic heterocycles. The standard InChI is InChI=1S/C10H9F6NO.ClH/c11-5-1-4(2-6(12)9(5)13)7(18)3-8(17)10(14,15)16;/h1-2,7-8,18H,3,17H2;1H/t7-,8-;/m0./s1. The quantitative estimate of drug-likeness (QED) is 0.666. The van der Waals surface area contributed by atoms with Crippen molar-refractivity contribution in [2.75, 3.05) is 0 Å². The van der Waals surface area contributed by atoms with Crippen molar-refractivity contribution in [3.8, 4) is 0 Å². The summed E-state index contributed by atoms with van der Waals surface area (Å²) in [6.07, 6.45) is -7.56. The highest BCUT2D eigenvalue weighted by Gasteiger charge is 2.38. The summed E-state index contributed by atoms with van der Waals surface area (Å²) in [4.78, 5) is 0. The number of hydrogen-bond donors (Lipinski definition) is 2. The van der Waals surface area contributed by atoms with Gasteiger partial charge in [0.05, 0.1) is 6.10 Å². The van der Waals surface area contributed by atoms with E-state index in [9.17, 15) is 31.4 Å². The van der Waals surface area contributed by atoms with Crippen LogP contribution in [0, 0.1) is 17.5 Å². The molecule has 1 aromatic carbocycles. The van der Waals surface area contributed by atoms with Crippen molar-refractivity contribution in [2.24, 2.45) is 5.73 Å². The van der Waals surface area contributed by atoms with E-state index in [0.29, 0.717) is 12.1 Å². The van der Waals surface area contributed by atoms with Gasteiger partial charge in [0.1, 0.15) is 6.04 Å². The molecule has 0 spiro atoms. The Kier molecular flexibility index (Phi) is 6.11. The predicted octanol–water partition coefficient (Wildman–Crippen LogP) is 2.84. The third-order valence-corrected chi connectivity index (χ3v) is 2.29. The van der Waals surface area contributed by atoms with Crippen molar-refractivity contribution < 1.29 is 31.4 Å². The Morgan fingerprint density at radius 3 is 1.89 bits per heavy atom. The van der Waals surface area contributed by atoms with Crippen LogP contribution >= 0.6 is 12.4 Å². The van der Waals surface area contributed by atoms with E-state index in [1.165, 1.54) is 0 Å². The maximum Gasteiger partial charge on any atom is 0.403 e. The van der Waals surface area contributed by atoms with Crippen molar-refractivity contribution in [3.63, 3.8) is 0 Å². The highest BCUT2D eigenvalue weighted by atomic mass is 35.5. The molecule has 110 valence electrons. The summed E-state index contributed by atoms with van der Waals surface area (Å²) in [6, 6.07) is -1.50. The van der Waals surface area contributed by atoms with Gasteiger partial charge in [-0.25, -0.2) is 13.2 Å². The number of rotatable bonds is 3. The summed E-state index contributed by atoms with van der Waals surface area (Å²) in [6.45, 7) is 0. The molecule has 0 aliphatic rings. The minimum Gasteiger partial charge on any atom is -0.388 e. The molecule has 0 heterocycles. The second-order valence-corrected chi connectivity index (χ2v) is 3.70. The van der Waals surface area contributed by atoms with Gasteiger partial charge in [0.25, 0.3) is 0 Å². The number of aliphatic hydroxyl groups excluding tert-OH is 1. The molecule has 2 nitrogen and oxygen atoms in total. The van der Waals surface area contributed by atoms with Gasteiger partial charge in [-0.05, 0) is 17.7 Å². The first-order valence-electron chi connectivity index (χ1n) is 4.77. The number of hydrogen-bond acceptors (Lipinski definition) is 2. The minimum absolute atomic E-state index is 0. The van der Waals surface area contributed by atoms with E-state index in [1.54, 1.807) is 0 Å². The summed E-state index contributed by atoms with van der Waals surface area (Å²) in [5.41, 5.74) is 4.24. The van der Waals surface area contributed by atoms with Gasteiger partial charge < -0.3 is 10.8 Å². The molecule has 0 fully saturated rings. The van der Waals surface area contributed by atoms with Gasteiger partial charge in [-0.1, -0.05) is 0 Å². The molecule has 0 aliphatic carbocycles. The van der Waals surface area contributed by atoms with Crippen LogP contribution in [0.2, 0.25) is 0 Å². The molecule has 19 heavy (non-hydrogen) atoms. The molecule has 1 aromatic rings. The van der Waals surface area contributed by atoms with Crippen LogP contribution in [0.1, 0.15) is 18.1 Å². The number of aliphatic hydroxyl groups is 1. The van der Waals surface area contributed by atoms with E-state index in [1.807, 2.05) is 0 Å². The molecular formula is C10H10ClF6NO. The lowest BCUT2D eigenvalue weighted by molar-refractivity contribution is -0.153. The Bertz CT molecular complexity index is 416. The number of halogens is 7. The van der Waals surface area contributed by atoms with Crippen molar-refractivity contribution in [1.29, 1.82) is 0 Å². The minimum atomic E-state index is -4.74. The third kappa shape index (κ3) is 4.55. The first-order chi connectivity index (χ1) is 8.12. The van der Waals surface area contributed by atoms with Crippen molar-refractivity contribution >= 4 is 12.4 Å². The van der Waals surface area contributed by atoms with Gasteiger partial charge in [0.2, 0.25) is 0 Å². The first kappa shape index (κ1) is 18.0. The number of nitrogens with two attached hydrogens (primary N) is 1. The molecule has 0 bridgehead atoms. The van der Waals surface area contributed by atoms with E-state index >= 15 is 0 Å². The fourth-order valence-corrected chi connectivity index (χ4v) is 1.28. The molecule has 0 saturated heterocycles. The first-order valence-corrected chi connectivity index (χ1v) is 4.77. The Hall–Kier alpha value is -0.990. The number of alkyl halides is 3. The lowest BCUT2D eigenvalue weighted by Crippen LogP contribution is -2.38. The zero-order valence-electron chi connectivity index (χ0n) is 9.22. The molecule has 9 heteroatoms. The topological polar surface area (TPSA) is 46.2 Å². The lowest BCUT2D eigenvalue weighted by Gasteiger charge is -2.19. The zero-order valence-corrected chi connectivity index (χ0v) is 10.0. The fourth-order valence-electron chi connectivity index (χ4n) is 1.28. The van der Waals surface area contributed by atoms with Crippen molar-refractivity contribution in [2.45, 2.75) is 24.7 Å². The van der Waals surface area contributed by atoms with Crippen LogP contribution in [0.4, 0.5) is 26.3 Å². The van der Waals surface area contributed by atoms with E-state index in [2.05, 4.69) is 0 Å². The van der Waals surface area contributed by atoms with Crippen molar-refractivity contribution in [3.05, 3.63) is 35.1 Å². The molecule has 0 aromatic heterocycles. The largest absolute Gasteiger partial charge is 0.403 e. The predicted molar refractivity (Wildman–Crippen MR) is 57.2 cm³/mol. The van der Waals surface area contributed by atoms with Crippen LogP contribution < -0.4 is 5.73 Å². The molecule has 0 amide bonds. The smallest absolute Gasteiger partial charge is 0.388 e. The second-order valence-electron chi connectivity index (χ2n) is 3.70. The van der Waals surface area contributed by atoms with Crippen LogP contribution in [0.5, 0.6) is 0 Å². The molecule has 2 atom stereocenters. The molecule has 0 unspecified atom stereocenters. The molecule has 3 N–H and O–H groups in total. The Balaban J connectivity index is 0.00000324. The average Bonchev–Trinajstić information content (AvgIpc) is 2.23. The third-order valence-electron chi connectivity index (χ3n) is 2.29. The summed E-state index contributed by atoms with van der Waals surface area (Å²) < 4.78 is 74.5. The lowest BCUT2D eigenvalue weighted by atomic mass is 10.0.